The first-order valence-corrected chi connectivity index (χ1v) is 13.4. The van der Waals surface area contributed by atoms with Crippen LogP contribution < -0.4 is 4.31 Å². The molecule has 36 heavy (non-hydrogen) atoms. The van der Waals surface area contributed by atoms with E-state index in [4.69, 9.17) is 32.5 Å². The van der Waals surface area contributed by atoms with Crippen molar-refractivity contribution < 1.29 is 22.5 Å². The Morgan fingerprint density at radius 2 is 1.72 bits per heavy atom. The van der Waals surface area contributed by atoms with E-state index in [0.717, 1.165) is 27.1 Å². The molecular weight excluding hydrogens is 525 g/mol. The Morgan fingerprint density at radius 1 is 1.03 bits per heavy atom. The van der Waals surface area contributed by atoms with Crippen molar-refractivity contribution in [2.45, 2.75) is 31.6 Å². The van der Waals surface area contributed by atoms with Crippen molar-refractivity contribution in [1.29, 1.82) is 0 Å². The predicted molar refractivity (Wildman–Crippen MR) is 139 cm³/mol. The van der Waals surface area contributed by atoms with Gasteiger partial charge in [0.05, 0.1) is 17.2 Å². The second-order valence-corrected chi connectivity index (χ2v) is 10.8. The summed E-state index contributed by atoms with van der Waals surface area (Å²) in [6, 6.07) is 14.6. The Labute approximate surface area is 218 Å². The van der Waals surface area contributed by atoms with Gasteiger partial charge in [-0.2, -0.15) is 4.98 Å². The third kappa shape index (κ3) is 5.80. The number of halogens is 2. The molecule has 0 unspecified atom stereocenters. The minimum Gasteiger partial charge on any atom is -0.464 e. The minimum atomic E-state index is -4.21. The second kappa shape index (κ2) is 10.9. The Kier molecular flexibility index (Phi) is 7.82. The minimum absolute atomic E-state index is 0.135. The van der Waals surface area contributed by atoms with Crippen LogP contribution in [0.1, 0.15) is 25.7 Å². The topological polar surface area (TPSA) is 103 Å². The molecule has 0 radical (unpaired) electrons. The van der Waals surface area contributed by atoms with Gasteiger partial charge in [-0.15, -0.1) is 0 Å². The summed E-state index contributed by atoms with van der Waals surface area (Å²) in [6.45, 7) is 3.37. The molecule has 4 rings (SSSR count). The van der Waals surface area contributed by atoms with E-state index in [2.05, 4.69) is 10.1 Å². The highest BCUT2D eigenvalue weighted by atomic mass is 35.5. The van der Waals surface area contributed by atoms with Crippen LogP contribution in [0.4, 0.5) is 5.69 Å². The lowest BCUT2D eigenvalue weighted by Gasteiger charge is -2.24. The maximum Gasteiger partial charge on any atom is 0.326 e. The Morgan fingerprint density at radius 3 is 2.39 bits per heavy atom. The molecule has 0 saturated carbocycles. The van der Waals surface area contributed by atoms with Gasteiger partial charge >= 0.3 is 5.97 Å². The number of aryl methyl sites for hydroxylation is 1. The number of fused-ring (bicyclic) bond motifs is 1. The van der Waals surface area contributed by atoms with Gasteiger partial charge in [0.15, 0.2) is 0 Å². The van der Waals surface area contributed by atoms with E-state index in [-0.39, 0.29) is 27.2 Å². The molecule has 0 spiro atoms. The molecule has 0 aliphatic heterocycles. The third-order valence-corrected chi connectivity index (χ3v) is 7.54. The van der Waals surface area contributed by atoms with Crippen molar-refractivity contribution in [1.82, 2.24) is 10.1 Å². The van der Waals surface area contributed by atoms with Crippen molar-refractivity contribution in [3.63, 3.8) is 0 Å². The first-order valence-electron chi connectivity index (χ1n) is 11.2. The summed E-state index contributed by atoms with van der Waals surface area (Å²) in [5.41, 5.74) is 1.04. The summed E-state index contributed by atoms with van der Waals surface area (Å²) >= 11 is 12.1. The first-order chi connectivity index (χ1) is 17.2. The molecule has 1 aromatic heterocycles. The fourth-order valence-corrected chi connectivity index (χ4v) is 5.69. The molecule has 0 bridgehead atoms. The van der Waals surface area contributed by atoms with E-state index in [1.165, 1.54) is 18.2 Å². The number of aromatic nitrogens is 2. The average Bonchev–Trinajstić information content (AvgIpc) is 3.27. The van der Waals surface area contributed by atoms with Gasteiger partial charge in [0.1, 0.15) is 6.54 Å². The van der Waals surface area contributed by atoms with Gasteiger partial charge in [0, 0.05) is 22.5 Å². The standard InChI is InChI=1S/C25H23Cl2N3O5S/c1-3-4-9-34-24(31)15-30(36(32,33)23-13-20(26)12-21(27)14-23)22-8-7-17-10-19(6-5-18(17)11-22)25-28-16(2)35-29-25/h5-8,10-14H,3-4,9,15H2,1-2H3. The Hall–Kier alpha value is -3.14. The highest BCUT2D eigenvalue weighted by Crippen LogP contribution is 2.31. The molecule has 0 amide bonds. The molecule has 0 fully saturated rings. The Bertz CT molecular complexity index is 1500. The highest BCUT2D eigenvalue weighted by Gasteiger charge is 2.29. The summed E-state index contributed by atoms with van der Waals surface area (Å²) in [7, 11) is -4.21. The molecule has 11 heteroatoms. The van der Waals surface area contributed by atoms with Crippen molar-refractivity contribution >= 4 is 55.7 Å². The van der Waals surface area contributed by atoms with E-state index in [9.17, 15) is 13.2 Å². The second-order valence-electron chi connectivity index (χ2n) is 8.07. The van der Waals surface area contributed by atoms with Gasteiger partial charge in [0.25, 0.3) is 10.0 Å². The quantitative estimate of drug-likeness (QED) is 0.186. The number of sulfonamides is 1. The lowest BCUT2D eigenvalue weighted by atomic mass is 10.1. The monoisotopic (exact) mass is 547 g/mol. The lowest BCUT2D eigenvalue weighted by molar-refractivity contribution is -0.141. The van der Waals surface area contributed by atoms with Gasteiger partial charge in [-0.3, -0.25) is 9.10 Å². The maximum absolute atomic E-state index is 13.7. The number of ether oxygens (including phenoxy) is 1. The van der Waals surface area contributed by atoms with Gasteiger partial charge in [-0.1, -0.05) is 59.9 Å². The van der Waals surface area contributed by atoms with Crippen LogP contribution in [0.5, 0.6) is 0 Å². The summed E-state index contributed by atoms with van der Waals surface area (Å²) < 4.78 is 38.6. The molecule has 8 nitrogen and oxygen atoms in total. The van der Waals surface area contributed by atoms with Gasteiger partial charge in [0.2, 0.25) is 11.7 Å². The highest BCUT2D eigenvalue weighted by molar-refractivity contribution is 7.92. The van der Waals surface area contributed by atoms with Gasteiger partial charge in [-0.25, -0.2) is 8.42 Å². The molecule has 0 saturated heterocycles. The summed E-state index contributed by atoms with van der Waals surface area (Å²) in [4.78, 5) is 16.7. The third-order valence-electron chi connectivity index (χ3n) is 5.36. The van der Waals surface area contributed by atoms with Crippen LogP contribution in [0.2, 0.25) is 10.0 Å². The molecule has 188 valence electrons. The number of unbranched alkanes of at least 4 members (excludes halogenated alkanes) is 1. The fourth-order valence-electron chi connectivity index (χ4n) is 3.56. The molecule has 1 heterocycles. The number of carbonyl (C=O) groups is 1. The molecule has 4 aromatic rings. The van der Waals surface area contributed by atoms with Crippen molar-refractivity contribution in [3.8, 4) is 11.4 Å². The number of hydrogen-bond donors (Lipinski definition) is 0. The van der Waals surface area contributed by atoms with Crippen LogP contribution >= 0.6 is 23.2 Å². The number of esters is 1. The number of hydrogen-bond acceptors (Lipinski definition) is 7. The zero-order chi connectivity index (χ0) is 25.9. The summed E-state index contributed by atoms with van der Waals surface area (Å²) in [5, 5.41) is 5.83. The first kappa shape index (κ1) is 25.9. The van der Waals surface area contributed by atoms with E-state index in [0.29, 0.717) is 18.1 Å². The Balaban J connectivity index is 1.74. The number of rotatable bonds is 9. The number of anilines is 1. The van der Waals surface area contributed by atoms with Crippen molar-refractivity contribution in [3.05, 3.63) is 70.5 Å². The van der Waals surface area contributed by atoms with Crippen LogP contribution in [-0.4, -0.2) is 37.7 Å². The smallest absolute Gasteiger partial charge is 0.326 e. The number of carbonyl (C=O) groups excluding carboxylic acids is 1. The summed E-state index contributed by atoms with van der Waals surface area (Å²) in [6.07, 6.45) is 1.52. The molecule has 0 aliphatic carbocycles. The van der Waals surface area contributed by atoms with Crippen molar-refractivity contribution in [2.75, 3.05) is 17.5 Å². The van der Waals surface area contributed by atoms with Crippen LogP contribution in [0, 0.1) is 6.92 Å². The average molecular weight is 548 g/mol. The molecular formula is C25H23Cl2N3O5S. The van der Waals surface area contributed by atoms with E-state index in [1.807, 2.05) is 25.1 Å². The van der Waals surface area contributed by atoms with Crippen LogP contribution in [0.15, 0.2) is 64.0 Å². The van der Waals surface area contributed by atoms with Crippen LogP contribution in [-0.2, 0) is 19.6 Å². The van der Waals surface area contributed by atoms with Crippen LogP contribution in [0.25, 0.3) is 22.2 Å². The zero-order valence-corrected chi connectivity index (χ0v) is 21.9. The largest absolute Gasteiger partial charge is 0.464 e. The van der Waals surface area contributed by atoms with Crippen LogP contribution in [0.3, 0.4) is 0 Å². The normalized spacial score (nSPS) is 11.6. The molecule has 3 aromatic carbocycles. The molecule has 0 aliphatic rings. The molecule has 0 N–H and O–H groups in total. The van der Waals surface area contributed by atoms with E-state index < -0.39 is 22.5 Å². The van der Waals surface area contributed by atoms with E-state index >= 15 is 0 Å². The maximum atomic E-state index is 13.7. The summed E-state index contributed by atoms with van der Waals surface area (Å²) in [5.74, 6) is 0.242. The zero-order valence-electron chi connectivity index (χ0n) is 19.6. The number of benzene rings is 3. The van der Waals surface area contributed by atoms with E-state index in [1.54, 1.807) is 25.1 Å². The predicted octanol–water partition coefficient (Wildman–Crippen LogP) is 6.04. The lowest BCUT2D eigenvalue weighted by Crippen LogP contribution is -2.36. The SMILES string of the molecule is CCCCOC(=O)CN(c1ccc2cc(-c3noc(C)n3)ccc2c1)S(=O)(=O)c1cc(Cl)cc(Cl)c1. The van der Waals surface area contributed by atoms with Crippen molar-refractivity contribution in [2.24, 2.45) is 0 Å². The van der Waals surface area contributed by atoms with Gasteiger partial charge in [-0.05, 0) is 53.6 Å². The van der Waals surface area contributed by atoms with Gasteiger partial charge < -0.3 is 9.26 Å². The number of nitrogens with zero attached hydrogens (tertiary/aromatic N) is 3. The fraction of sp³-hybridized carbons (Fsp3) is 0.240. The molecule has 0 atom stereocenters.